The Kier molecular flexibility index (Phi) is 5.12. The van der Waals surface area contributed by atoms with Gasteiger partial charge in [0.05, 0.1) is 10.7 Å². The summed E-state index contributed by atoms with van der Waals surface area (Å²) < 4.78 is 41.5. The average molecular weight is 368 g/mol. The first-order valence-electron chi connectivity index (χ1n) is 5.85. The summed E-state index contributed by atoms with van der Waals surface area (Å²) in [6, 6.07) is 3.94. The molecule has 1 aromatic heterocycles. The molecule has 8 nitrogen and oxygen atoms in total. The number of aromatic nitrogens is 2. The van der Waals surface area contributed by atoms with Crippen LogP contribution in [-0.2, 0) is 15.8 Å². The van der Waals surface area contributed by atoms with Gasteiger partial charge in [0.25, 0.3) is 5.91 Å². The fourth-order valence-corrected chi connectivity index (χ4v) is 2.05. The van der Waals surface area contributed by atoms with E-state index in [9.17, 15) is 18.1 Å². The molecule has 0 spiro atoms. The van der Waals surface area contributed by atoms with E-state index < -0.39 is 32.2 Å². The molecule has 1 heterocycles. The van der Waals surface area contributed by atoms with E-state index in [-0.39, 0.29) is 16.4 Å². The number of nitrogens with zero attached hydrogens (tertiary/aromatic N) is 2. The van der Waals surface area contributed by atoms with Crippen LogP contribution in [0.4, 0.5) is 14.5 Å². The maximum absolute atomic E-state index is 13.2. The van der Waals surface area contributed by atoms with Crippen molar-refractivity contribution in [2.75, 3.05) is 5.32 Å². The minimum Gasteiger partial charge on any atom is -0.319 e. The van der Waals surface area contributed by atoms with E-state index >= 15 is 0 Å². The van der Waals surface area contributed by atoms with Crippen molar-refractivity contribution in [1.29, 1.82) is 0 Å². The molecular weight excluding hydrogens is 359 g/mol. The SMILES string of the molecule is O=C(Nc1ccc(F)cc1Cl)c1cc(F)nn1COP(=O)(O)O. The quantitative estimate of drug-likeness (QED) is 0.698. The molecular formula is C11H9ClF2N3O5P. The lowest BCUT2D eigenvalue weighted by molar-refractivity contribution is 0.0987. The van der Waals surface area contributed by atoms with Crippen LogP contribution in [0.3, 0.4) is 0 Å². The number of carbonyl (C=O) groups is 1. The van der Waals surface area contributed by atoms with Crippen molar-refractivity contribution in [3.8, 4) is 0 Å². The monoisotopic (exact) mass is 367 g/mol. The molecule has 2 rings (SSSR count). The van der Waals surface area contributed by atoms with Crippen LogP contribution in [0.5, 0.6) is 0 Å². The van der Waals surface area contributed by atoms with Crippen molar-refractivity contribution >= 4 is 31.0 Å². The van der Waals surface area contributed by atoms with Gasteiger partial charge in [-0.25, -0.2) is 13.6 Å². The Morgan fingerprint density at radius 3 is 2.70 bits per heavy atom. The Balaban J connectivity index is 2.20. The third kappa shape index (κ3) is 4.81. The normalized spacial score (nSPS) is 11.5. The number of halogens is 3. The number of carbonyl (C=O) groups excluding carboxylic acids is 1. The average Bonchev–Trinajstić information content (AvgIpc) is 2.80. The summed E-state index contributed by atoms with van der Waals surface area (Å²) in [5.41, 5.74) is -0.321. The lowest BCUT2D eigenvalue weighted by Crippen LogP contribution is -2.18. The molecule has 2 aromatic rings. The second-order valence-corrected chi connectivity index (χ2v) is 5.83. The molecule has 0 aliphatic heterocycles. The minimum atomic E-state index is -4.83. The highest BCUT2D eigenvalue weighted by molar-refractivity contribution is 7.46. The fourth-order valence-electron chi connectivity index (χ4n) is 1.57. The predicted octanol–water partition coefficient (Wildman–Crippen LogP) is 2.13. The van der Waals surface area contributed by atoms with E-state index in [1.54, 1.807) is 0 Å². The van der Waals surface area contributed by atoms with Crippen LogP contribution in [-0.4, -0.2) is 25.5 Å². The number of phosphoric ester groups is 1. The standard InChI is InChI=1S/C11H9ClF2N3O5P/c12-7-3-6(13)1-2-8(7)15-11(18)9-4-10(14)16-17(9)5-22-23(19,20)21/h1-4H,5H2,(H,15,18)(H2,19,20,21). The fraction of sp³-hybridized carbons (Fsp3) is 0.0909. The second kappa shape index (κ2) is 6.73. The third-order valence-electron chi connectivity index (χ3n) is 2.51. The Bertz CT molecular complexity index is 794. The van der Waals surface area contributed by atoms with Gasteiger partial charge < -0.3 is 15.1 Å². The first kappa shape index (κ1) is 17.5. The van der Waals surface area contributed by atoms with Crippen molar-refractivity contribution in [3.05, 3.63) is 46.7 Å². The third-order valence-corrected chi connectivity index (χ3v) is 3.27. The van der Waals surface area contributed by atoms with Gasteiger partial charge in [-0.05, 0) is 18.2 Å². The highest BCUT2D eigenvalue weighted by Crippen LogP contribution is 2.36. The largest absolute Gasteiger partial charge is 0.471 e. The molecule has 0 fully saturated rings. The molecule has 23 heavy (non-hydrogen) atoms. The van der Waals surface area contributed by atoms with Crippen LogP contribution in [0.25, 0.3) is 0 Å². The van der Waals surface area contributed by atoms with Crippen LogP contribution in [0.2, 0.25) is 5.02 Å². The van der Waals surface area contributed by atoms with E-state index in [4.69, 9.17) is 21.4 Å². The van der Waals surface area contributed by atoms with Gasteiger partial charge in [-0.1, -0.05) is 11.6 Å². The van der Waals surface area contributed by atoms with Crippen LogP contribution in [0.1, 0.15) is 10.5 Å². The molecule has 124 valence electrons. The number of amides is 1. The summed E-state index contributed by atoms with van der Waals surface area (Å²) in [6.45, 7) is -0.853. The van der Waals surface area contributed by atoms with Gasteiger partial charge in [0.15, 0.2) is 6.73 Å². The molecule has 1 aromatic carbocycles. The molecule has 0 aliphatic rings. The lowest BCUT2D eigenvalue weighted by Gasteiger charge is -2.10. The summed E-state index contributed by atoms with van der Waals surface area (Å²) in [7, 11) is -4.83. The van der Waals surface area contributed by atoms with Crippen LogP contribution in [0, 0.1) is 11.8 Å². The van der Waals surface area contributed by atoms with Gasteiger partial charge in [0.2, 0.25) is 5.95 Å². The molecule has 0 radical (unpaired) electrons. The van der Waals surface area contributed by atoms with Crippen molar-refractivity contribution in [2.45, 2.75) is 6.73 Å². The van der Waals surface area contributed by atoms with Gasteiger partial charge in [-0.15, -0.1) is 5.10 Å². The summed E-state index contributed by atoms with van der Waals surface area (Å²) in [6.07, 6.45) is 0. The van der Waals surface area contributed by atoms with Gasteiger partial charge in [-0.3, -0.25) is 9.32 Å². The number of hydrogen-bond donors (Lipinski definition) is 3. The van der Waals surface area contributed by atoms with E-state index in [1.165, 1.54) is 6.07 Å². The first-order chi connectivity index (χ1) is 10.7. The van der Waals surface area contributed by atoms with Crippen molar-refractivity contribution in [3.63, 3.8) is 0 Å². The minimum absolute atomic E-state index is 0.0575. The number of nitrogens with one attached hydrogen (secondary N) is 1. The summed E-state index contributed by atoms with van der Waals surface area (Å²) in [4.78, 5) is 29.3. The van der Waals surface area contributed by atoms with Gasteiger partial charge in [0, 0.05) is 6.07 Å². The highest BCUT2D eigenvalue weighted by atomic mass is 35.5. The predicted molar refractivity (Wildman–Crippen MR) is 74.7 cm³/mol. The Labute approximate surface area is 132 Å². The number of rotatable bonds is 5. The van der Waals surface area contributed by atoms with Crippen LogP contribution >= 0.6 is 19.4 Å². The number of hydrogen-bond acceptors (Lipinski definition) is 4. The van der Waals surface area contributed by atoms with Gasteiger partial charge >= 0.3 is 7.82 Å². The Morgan fingerprint density at radius 1 is 1.39 bits per heavy atom. The number of phosphoric acid groups is 1. The maximum atomic E-state index is 13.2. The van der Waals surface area contributed by atoms with Crippen molar-refractivity contribution in [1.82, 2.24) is 9.78 Å². The number of benzene rings is 1. The molecule has 0 bridgehead atoms. The molecule has 12 heteroatoms. The molecule has 0 atom stereocenters. The molecule has 0 saturated carbocycles. The molecule has 0 unspecified atom stereocenters. The molecule has 1 amide bonds. The number of anilines is 1. The van der Waals surface area contributed by atoms with Crippen LogP contribution < -0.4 is 5.32 Å². The van der Waals surface area contributed by atoms with E-state index in [0.717, 1.165) is 18.2 Å². The molecule has 0 aliphatic carbocycles. The van der Waals surface area contributed by atoms with E-state index in [0.29, 0.717) is 4.68 Å². The zero-order chi connectivity index (χ0) is 17.2. The Morgan fingerprint density at radius 2 is 2.09 bits per heavy atom. The molecule has 0 saturated heterocycles. The second-order valence-electron chi connectivity index (χ2n) is 4.18. The van der Waals surface area contributed by atoms with Gasteiger partial charge in [-0.2, -0.15) is 4.39 Å². The topological polar surface area (TPSA) is 114 Å². The highest BCUT2D eigenvalue weighted by Gasteiger charge is 2.20. The summed E-state index contributed by atoms with van der Waals surface area (Å²) in [5, 5.41) is 5.44. The van der Waals surface area contributed by atoms with Crippen molar-refractivity contribution < 1.29 is 32.5 Å². The smallest absolute Gasteiger partial charge is 0.319 e. The van der Waals surface area contributed by atoms with E-state index in [2.05, 4.69) is 14.9 Å². The zero-order valence-corrected chi connectivity index (χ0v) is 12.8. The first-order valence-corrected chi connectivity index (χ1v) is 7.76. The lowest BCUT2D eigenvalue weighted by atomic mass is 10.3. The Hall–Kier alpha value is -1.84. The summed E-state index contributed by atoms with van der Waals surface area (Å²) in [5.74, 6) is -2.56. The summed E-state index contributed by atoms with van der Waals surface area (Å²) >= 11 is 5.75. The van der Waals surface area contributed by atoms with E-state index in [1.807, 2.05) is 0 Å². The maximum Gasteiger partial charge on any atom is 0.471 e. The zero-order valence-electron chi connectivity index (χ0n) is 11.1. The van der Waals surface area contributed by atoms with Crippen molar-refractivity contribution in [2.24, 2.45) is 0 Å². The molecule has 3 N–H and O–H groups in total. The van der Waals surface area contributed by atoms with Gasteiger partial charge in [0.1, 0.15) is 11.5 Å². The van der Waals surface area contributed by atoms with Crippen LogP contribution in [0.15, 0.2) is 24.3 Å².